The molecule has 0 aromatic heterocycles. The molecule has 2 amide bonds. The lowest BCUT2D eigenvalue weighted by Crippen LogP contribution is -2.47. The van der Waals surface area contributed by atoms with Crippen LogP contribution in [0.1, 0.15) is 36.0 Å². The van der Waals surface area contributed by atoms with Crippen molar-refractivity contribution >= 4 is 17.8 Å². The van der Waals surface area contributed by atoms with Crippen LogP contribution in [0.25, 0.3) is 0 Å². The van der Waals surface area contributed by atoms with Crippen molar-refractivity contribution in [1.82, 2.24) is 9.80 Å². The van der Waals surface area contributed by atoms with Crippen molar-refractivity contribution in [3.05, 3.63) is 35.4 Å². The molecule has 1 aromatic rings. The highest BCUT2D eigenvalue weighted by Crippen LogP contribution is 2.25. The van der Waals surface area contributed by atoms with Crippen LogP contribution in [0.2, 0.25) is 0 Å². The third kappa shape index (κ3) is 4.26. The molecular weight excluding hydrogens is 358 g/mol. The number of carbonyl (C=O) groups excluding carboxylic acids is 2. The van der Waals surface area contributed by atoms with Crippen molar-refractivity contribution in [2.24, 2.45) is 11.8 Å². The highest BCUT2D eigenvalue weighted by atomic mass is 19.1. The first-order valence-electron chi connectivity index (χ1n) is 9.12. The van der Waals surface area contributed by atoms with Crippen LogP contribution in [0.4, 0.5) is 8.78 Å². The summed E-state index contributed by atoms with van der Waals surface area (Å²) in [6, 6.07) is 2.87. The van der Waals surface area contributed by atoms with Gasteiger partial charge in [-0.3, -0.25) is 14.4 Å². The van der Waals surface area contributed by atoms with Gasteiger partial charge in [0.15, 0.2) is 0 Å². The highest BCUT2D eigenvalue weighted by molar-refractivity contribution is 5.94. The van der Waals surface area contributed by atoms with E-state index in [1.54, 1.807) is 4.90 Å². The molecule has 0 bridgehead atoms. The smallest absolute Gasteiger partial charge is 0.306 e. The molecule has 2 saturated heterocycles. The largest absolute Gasteiger partial charge is 0.481 e. The van der Waals surface area contributed by atoms with E-state index < -0.39 is 23.5 Å². The molecule has 146 valence electrons. The number of piperidine rings is 2. The summed E-state index contributed by atoms with van der Waals surface area (Å²) < 4.78 is 26.8. The molecule has 2 aliphatic heterocycles. The molecule has 3 rings (SSSR count). The average molecular weight is 380 g/mol. The summed E-state index contributed by atoms with van der Waals surface area (Å²) >= 11 is 0. The van der Waals surface area contributed by atoms with Crippen molar-refractivity contribution in [2.75, 3.05) is 26.2 Å². The van der Waals surface area contributed by atoms with E-state index in [1.165, 1.54) is 4.90 Å². The van der Waals surface area contributed by atoms with Crippen molar-refractivity contribution in [3.63, 3.8) is 0 Å². The minimum absolute atomic E-state index is 0.00102. The number of benzene rings is 1. The summed E-state index contributed by atoms with van der Waals surface area (Å²) in [5.74, 6) is -3.55. The van der Waals surface area contributed by atoms with Gasteiger partial charge in [-0.05, 0) is 37.8 Å². The Morgan fingerprint density at radius 2 is 1.44 bits per heavy atom. The van der Waals surface area contributed by atoms with Crippen LogP contribution in [0.3, 0.4) is 0 Å². The predicted octanol–water partition coefficient (Wildman–Crippen LogP) is 2.14. The molecule has 27 heavy (non-hydrogen) atoms. The van der Waals surface area contributed by atoms with Crippen LogP contribution in [0.15, 0.2) is 18.2 Å². The fourth-order valence-electron chi connectivity index (χ4n) is 3.77. The first kappa shape index (κ1) is 19.3. The molecular formula is C19H22F2N2O4. The van der Waals surface area contributed by atoms with Gasteiger partial charge in [0.1, 0.15) is 11.6 Å². The fraction of sp³-hybridized carbons (Fsp3) is 0.526. The summed E-state index contributed by atoms with van der Waals surface area (Å²) in [5.41, 5.74) is -0.170. The van der Waals surface area contributed by atoms with E-state index >= 15 is 0 Å². The monoisotopic (exact) mass is 380 g/mol. The molecule has 2 heterocycles. The van der Waals surface area contributed by atoms with Gasteiger partial charge >= 0.3 is 5.97 Å². The van der Waals surface area contributed by atoms with E-state index in [4.69, 9.17) is 5.11 Å². The van der Waals surface area contributed by atoms with Crippen LogP contribution < -0.4 is 0 Å². The summed E-state index contributed by atoms with van der Waals surface area (Å²) in [5, 5.41) is 9.03. The minimum atomic E-state index is -0.889. The van der Waals surface area contributed by atoms with Crippen molar-refractivity contribution in [2.45, 2.75) is 25.7 Å². The minimum Gasteiger partial charge on any atom is -0.481 e. The number of carbonyl (C=O) groups is 3. The highest BCUT2D eigenvalue weighted by Gasteiger charge is 2.33. The number of carboxylic acid groups (broad SMARTS) is 1. The Bertz CT molecular complexity index is 739. The van der Waals surface area contributed by atoms with Gasteiger partial charge < -0.3 is 14.9 Å². The molecule has 1 aromatic carbocycles. The summed E-state index contributed by atoms with van der Waals surface area (Å²) in [4.78, 5) is 39.3. The number of aliphatic carboxylic acids is 1. The van der Waals surface area contributed by atoms with E-state index in [-0.39, 0.29) is 23.3 Å². The predicted molar refractivity (Wildman–Crippen MR) is 91.9 cm³/mol. The van der Waals surface area contributed by atoms with E-state index in [2.05, 4.69) is 0 Å². The Balaban J connectivity index is 1.53. The molecule has 0 aliphatic carbocycles. The maximum Gasteiger partial charge on any atom is 0.306 e. The molecule has 0 atom stereocenters. The molecule has 8 heteroatoms. The lowest BCUT2D eigenvalue weighted by molar-refractivity contribution is -0.147. The topological polar surface area (TPSA) is 77.9 Å². The number of carboxylic acids is 1. The normalized spacial score (nSPS) is 19.2. The second-order valence-corrected chi connectivity index (χ2v) is 7.13. The quantitative estimate of drug-likeness (QED) is 0.872. The average Bonchev–Trinajstić information content (AvgIpc) is 2.67. The second-order valence-electron chi connectivity index (χ2n) is 7.13. The standard InChI is InChI=1S/C19H22F2N2O4/c20-14-1-2-15(16(21)11-14)18(25)23-7-3-12(4-8-23)17(24)22-9-5-13(6-10-22)19(26)27/h1-2,11-13H,3-10H2,(H,26,27). The van der Waals surface area contributed by atoms with Gasteiger partial charge in [-0.1, -0.05) is 0 Å². The summed E-state index contributed by atoms with van der Waals surface area (Å²) in [6.45, 7) is 1.54. The third-order valence-corrected chi connectivity index (χ3v) is 5.45. The third-order valence-electron chi connectivity index (χ3n) is 5.45. The van der Waals surface area contributed by atoms with Gasteiger partial charge in [0, 0.05) is 38.2 Å². The van der Waals surface area contributed by atoms with Gasteiger partial charge in [-0.25, -0.2) is 8.78 Å². The number of nitrogens with zero attached hydrogens (tertiary/aromatic N) is 2. The van der Waals surface area contributed by atoms with Crippen LogP contribution in [0.5, 0.6) is 0 Å². The van der Waals surface area contributed by atoms with Crippen LogP contribution in [-0.2, 0) is 9.59 Å². The van der Waals surface area contributed by atoms with Crippen LogP contribution in [0, 0.1) is 23.5 Å². The zero-order valence-electron chi connectivity index (χ0n) is 14.9. The van der Waals surface area contributed by atoms with Crippen molar-refractivity contribution in [1.29, 1.82) is 0 Å². The Kier molecular flexibility index (Phi) is 5.72. The van der Waals surface area contributed by atoms with Gasteiger partial charge in [-0.2, -0.15) is 0 Å². The molecule has 2 fully saturated rings. The van der Waals surface area contributed by atoms with Crippen molar-refractivity contribution < 1.29 is 28.3 Å². The lowest BCUT2D eigenvalue weighted by Gasteiger charge is -2.36. The van der Waals surface area contributed by atoms with Gasteiger partial charge in [0.25, 0.3) is 5.91 Å². The second kappa shape index (κ2) is 8.02. The SMILES string of the molecule is O=C(O)C1CCN(C(=O)C2CCN(C(=O)c3ccc(F)cc3F)CC2)CC1. The van der Waals surface area contributed by atoms with Crippen LogP contribution >= 0.6 is 0 Å². The first-order chi connectivity index (χ1) is 12.9. The molecule has 6 nitrogen and oxygen atoms in total. The maximum absolute atomic E-state index is 13.8. The Hall–Kier alpha value is -2.51. The molecule has 0 radical (unpaired) electrons. The molecule has 1 N–H and O–H groups in total. The number of hydrogen-bond acceptors (Lipinski definition) is 3. The summed E-state index contributed by atoms with van der Waals surface area (Å²) in [7, 11) is 0. The van der Waals surface area contributed by atoms with Gasteiger partial charge in [-0.15, -0.1) is 0 Å². The van der Waals surface area contributed by atoms with E-state index in [9.17, 15) is 23.2 Å². The summed E-state index contributed by atoms with van der Waals surface area (Å²) in [6.07, 6.45) is 1.88. The van der Waals surface area contributed by atoms with Crippen LogP contribution in [-0.4, -0.2) is 58.9 Å². The van der Waals surface area contributed by atoms with E-state index in [0.717, 1.165) is 12.1 Å². The maximum atomic E-state index is 13.8. The lowest BCUT2D eigenvalue weighted by atomic mass is 9.92. The number of rotatable bonds is 3. The molecule has 0 saturated carbocycles. The molecule has 0 spiro atoms. The van der Waals surface area contributed by atoms with Gasteiger partial charge in [0.05, 0.1) is 11.5 Å². The Morgan fingerprint density at radius 1 is 0.889 bits per heavy atom. The van der Waals surface area contributed by atoms with E-state index in [0.29, 0.717) is 57.9 Å². The number of likely N-dealkylation sites (tertiary alicyclic amines) is 2. The molecule has 2 aliphatic rings. The first-order valence-corrected chi connectivity index (χ1v) is 9.12. The fourth-order valence-corrected chi connectivity index (χ4v) is 3.77. The Labute approximate surface area is 155 Å². The zero-order chi connectivity index (χ0) is 19.6. The zero-order valence-corrected chi connectivity index (χ0v) is 14.9. The van der Waals surface area contributed by atoms with Gasteiger partial charge in [0.2, 0.25) is 5.91 Å². The Morgan fingerprint density at radius 3 is 2.00 bits per heavy atom. The van der Waals surface area contributed by atoms with Crippen molar-refractivity contribution in [3.8, 4) is 0 Å². The van der Waals surface area contributed by atoms with E-state index in [1.807, 2.05) is 0 Å². The number of halogens is 2. The number of hydrogen-bond donors (Lipinski definition) is 1. The molecule has 0 unspecified atom stereocenters. The number of amides is 2.